The largest absolute Gasteiger partial charge is 0.281 e. The van der Waals surface area contributed by atoms with E-state index in [1.54, 1.807) is 19.1 Å². The Balaban J connectivity index is 2.98. The van der Waals surface area contributed by atoms with Gasteiger partial charge < -0.3 is 0 Å². The van der Waals surface area contributed by atoms with Gasteiger partial charge in [0.25, 0.3) is 0 Å². The van der Waals surface area contributed by atoms with Gasteiger partial charge in [0.2, 0.25) is 10.0 Å². The van der Waals surface area contributed by atoms with Crippen LogP contribution in [0.3, 0.4) is 0 Å². The van der Waals surface area contributed by atoms with Crippen LogP contribution < -0.4 is 4.72 Å². The van der Waals surface area contributed by atoms with Crippen molar-refractivity contribution >= 4 is 66.4 Å². The van der Waals surface area contributed by atoms with Crippen LogP contribution in [-0.4, -0.2) is 20.1 Å². The number of alkyl halides is 1. The summed E-state index contributed by atoms with van der Waals surface area (Å²) >= 11 is 20.7. The third-order valence-electron chi connectivity index (χ3n) is 2.03. The highest BCUT2D eigenvalue weighted by atomic mass is 79.9. The van der Waals surface area contributed by atoms with Gasteiger partial charge in [0.1, 0.15) is 0 Å². The standard InChI is InChI=1S/C10H11BrCl3NO2S/c1-6(4-12)5-18(16,17)15-10-8(13)2-7(11)3-9(10)14/h2-3,6,15H,4-5H2,1H3. The summed E-state index contributed by atoms with van der Waals surface area (Å²) in [7, 11) is -3.52. The zero-order chi connectivity index (χ0) is 13.9. The van der Waals surface area contributed by atoms with Gasteiger partial charge in [-0.2, -0.15) is 0 Å². The van der Waals surface area contributed by atoms with Crippen molar-refractivity contribution in [3.05, 3.63) is 26.7 Å². The first-order chi connectivity index (χ1) is 8.25. The lowest BCUT2D eigenvalue weighted by Gasteiger charge is -2.13. The number of nitrogens with one attached hydrogen (secondary N) is 1. The first kappa shape index (κ1) is 16.4. The average Bonchev–Trinajstić information content (AvgIpc) is 2.22. The Kier molecular flexibility index (Phi) is 6.06. The predicted octanol–water partition coefficient (Wildman–Crippen LogP) is 4.37. The normalized spacial score (nSPS) is 13.4. The summed E-state index contributed by atoms with van der Waals surface area (Å²) < 4.78 is 26.8. The number of sulfonamides is 1. The molecule has 1 atom stereocenters. The number of hydrogen-bond donors (Lipinski definition) is 1. The van der Waals surface area contributed by atoms with Gasteiger partial charge in [-0.15, -0.1) is 11.6 Å². The maximum atomic E-state index is 11.9. The molecule has 0 bridgehead atoms. The Labute approximate surface area is 130 Å². The molecule has 0 aliphatic carbocycles. The van der Waals surface area contributed by atoms with Crippen LogP contribution in [0.15, 0.2) is 16.6 Å². The summed E-state index contributed by atoms with van der Waals surface area (Å²) in [6.45, 7) is 1.75. The Bertz CT molecular complexity index is 513. The second-order valence-corrected chi connectivity index (χ2v) is 7.69. The summed E-state index contributed by atoms with van der Waals surface area (Å²) in [5, 5.41) is 0.466. The van der Waals surface area contributed by atoms with Crippen molar-refractivity contribution in [2.24, 2.45) is 5.92 Å². The molecule has 1 aromatic carbocycles. The lowest BCUT2D eigenvalue weighted by molar-refractivity contribution is 0.588. The summed E-state index contributed by atoms with van der Waals surface area (Å²) in [4.78, 5) is 0. The Morgan fingerprint density at radius 3 is 2.28 bits per heavy atom. The zero-order valence-corrected chi connectivity index (χ0v) is 14.1. The average molecular weight is 396 g/mol. The van der Waals surface area contributed by atoms with E-state index in [1.165, 1.54) is 0 Å². The summed E-state index contributed by atoms with van der Waals surface area (Å²) in [5.41, 5.74) is 0.184. The van der Waals surface area contributed by atoms with Gasteiger partial charge in [-0.1, -0.05) is 46.1 Å². The van der Waals surface area contributed by atoms with Gasteiger partial charge in [0.15, 0.2) is 0 Å². The van der Waals surface area contributed by atoms with E-state index in [1.807, 2.05) is 0 Å². The monoisotopic (exact) mass is 393 g/mol. The fourth-order valence-corrected chi connectivity index (χ4v) is 4.39. The van der Waals surface area contributed by atoms with Crippen molar-refractivity contribution in [2.75, 3.05) is 16.4 Å². The van der Waals surface area contributed by atoms with Crippen molar-refractivity contribution in [3.63, 3.8) is 0 Å². The third-order valence-corrected chi connectivity index (χ3v) is 5.14. The second kappa shape index (κ2) is 6.66. The third kappa shape index (κ3) is 4.78. The maximum Gasteiger partial charge on any atom is 0.233 e. The molecule has 0 fully saturated rings. The summed E-state index contributed by atoms with van der Waals surface area (Å²) in [6.07, 6.45) is 0. The molecule has 1 unspecified atom stereocenters. The van der Waals surface area contributed by atoms with Gasteiger partial charge >= 0.3 is 0 Å². The molecule has 0 saturated carbocycles. The van der Waals surface area contributed by atoms with Crippen LogP contribution in [0, 0.1) is 5.92 Å². The van der Waals surface area contributed by atoms with Crippen LogP contribution in [0.25, 0.3) is 0 Å². The highest BCUT2D eigenvalue weighted by Gasteiger charge is 2.18. The lowest BCUT2D eigenvalue weighted by atomic mass is 10.3. The fourth-order valence-electron chi connectivity index (χ4n) is 1.26. The number of halogens is 4. The van der Waals surface area contributed by atoms with E-state index >= 15 is 0 Å². The summed E-state index contributed by atoms with van der Waals surface area (Å²) in [5.74, 6) is 0.0271. The van der Waals surface area contributed by atoms with Gasteiger partial charge in [-0.3, -0.25) is 4.72 Å². The molecule has 0 amide bonds. The van der Waals surface area contributed by atoms with Crippen molar-refractivity contribution < 1.29 is 8.42 Å². The molecule has 0 aromatic heterocycles. The molecular weight excluding hydrogens is 384 g/mol. The molecule has 0 aliphatic rings. The lowest BCUT2D eigenvalue weighted by Crippen LogP contribution is -2.22. The van der Waals surface area contributed by atoms with Gasteiger partial charge in [-0.05, 0) is 18.1 Å². The highest BCUT2D eigenvalue weighted by molar-refractivity contribution is 9.10. The molecule has 1 aromatic rings. The topological polar surface area (TPSA) is 46.2 Å². The van der Waals surface area contributed by atoms with E-state index < -0.39 is 10.0 Å². The number of benzene rings is 1. The van der Waals surface area contributed by atoms with Crippen LogP contribution in [0.5, 0.6) is 0 Å². The van der Waals surface area contributed by atoms with Crippen molar-refractivity contribution in [3.8, 4) is 0 Å². The molecule has 0 heterocycles. The van der Waals surface area contributed by atoms with E-state index in [2.05, 4.69) is 20.7 Å². The number of anilines is 1. The van der Waals surface area contributed by atoms with E-state index in [4.69, 9.17) is 34.8 Å². The minimum absolute atomic E-state index is 0.0841. The molecule has 8 heteroatoms. The van der Waals surface area contributed by atoms with E-state index in [0.29, 0.717) is 4.47 Å². The molecule has 1 N–H and O–H groups in total. The molecule has 102 valence electrons. The smallest absolute Gasteiger partial charge is 0.233 e. The molecule has 3 nitrogen and oxygen atoms in total. The molecule has 0 spiro atoms. The fraction of sp³-hybridized carbons (Fsp3) is 0.400. The summed E-state index contributed by atoms with van der Waals surface area (Å²) in [6, 6.07) is 3.13. The Morgan fingerprint density at radius 2 is 1.83 bits per heavy atom. The van der Waals surface area contributed by atoms with E-state index in [0.717, 1.165) is 0 Å². The quantitative estimate of drug-likeness (QED) is 0.753. The number of hydrogen-bond acceptors (Lipinski definition) is 2. The van der Waals surface area contributed by atoms with E-state index in [-0.39, 0.29) is 33.3 Å². The molecule has 0 saturated heterocycles. The first-order valence-electron chi connectivity index (χ1n) is 4.96. The zero-order valence-electron chi connectivity index (χ0n) is 9.38. The highest BCUT2D eigenvalue weighted by Crippen LogP contribution is 2.34. The second-order valence-electron chi connectivity index (χ2n) is 3.89. The Morgan fingerprint density at radius 1 is 1.33 bits per heavy atom. The van der Waals surface area contributed by atoms with Crippen molar-refractivity contribution in [1.29, 1.82) is 0 Å². The molecular formula is C10H11BrCl3NO2S. The van der Waals surface area contributed by atoms with Crippen LogP contribution in [0.4, 0.5) is 5.69 Å². The Hall–Kier alpha value is 0.320. The molecule has 18 heavy (non-hydrogen) atoms. The maximum absolute atomic E-state index is 11.9. The van der Waals surface area contributed by atoms with Crippen molar-refractivity contribution in [1.82, 2.24) is 0 Å². The van der Waals surface area contributed by atoms with Crippen LogP contribution >= 0.6 is 50.7 Å². The minimum atomic E-state index is -3.52. The molecule has 0 radical (unpaired) electrons. The first-order valence-corrected chi connectivity index (χ1v) is 8.69. The van der Waals surface area contributed by atoms with Gasteiger partial charge in [0, 0.05) is 10.4 Å². The minimum Gasteiger partial charge on any atom is -0.281 e. The van der Waals surface area contributed by atoms with Crippen LogP contribution in [0.2, 0.25) is 10.0 Å². The molecule has 1 rings (SSSR count). The van der Waals surface area contributed by atoms with E-state index in [9.17, 15) is 8.42 Å². The van der Waals surface area contributed by atoms with Gasteiger partial charge in [-0.25, -0.2) is 8.42 Å². The van der Waals surface area contributed by atoms with Crippen molar-refractivity contribution in [2.45, 2.75) is 6.92 Å². The van der Waals surface area contributed by atoms with Gasteiger partial charge in [0.05, 0.1) is 21.5 Å². The molecule has 0 aliphatic heterocycles. The van der Waals surface area contributed by atoms with Crippen LogP contribution in [0.1, 0.15) is 6.92 Å². The SMILES string of the molecule is CC(CCl)CS(=O)(=O)Nc1c(Cl)cc(Br)cc1Cl. The number of rotatable bonds is 5. The predicted molar refractivity (Wildman–Crippen MR) is 81.5 cm³/mol. The van der Waals surface area contributed by atoms with Crippen LogP contribution in [-0.2, 0) is 10.0 Å².